The Kier molecular flexibility index (Phi) is 3.62. The second kappa shape index (κ2) is 5.63. The predicted octanol–water partition coefficient (Wildman–Crippen LogP) is 4.20. The van der Waals surface area contributed by atoms with E-state index in [9.17, 15) is 4.79 Å². The van der Waals surface area contributed by atoms with Crippen LogP contribution in [-0.2, 0) is 12.8 Å². The van der Waals surface area contributed by atoms with Crippen LogP contribution in [-0.4, -0.2) is 12.2 Å². The summed E-state index contributed by atoms with van der Waals surface area (Å²) in [7, 11) is 0. The molecule has 1 aliphatic heterocycles. The molecule has 5 heteroatoms. The molecule has 2 heterocycles. The monoisotopic (exact) mass is 330 g/mol. The Labute approximate surface area is 138 Å². The fourth-order valence-corrected chi connectivity index (χ4v) is 4.96. The van der Waals surface area contributed by atoms with Gasteiger partial charge in [-0.1, -0.05) is 12.1 Å². The van der Waals surface area contributed by atoms with Crippen LogP contribution in [0.1, 0.15) is 45.4 Å². The molecule has 1 amide bonds. The van der Waals surface area contributed by atoms with E-state index in [1.807, 2.05) is 0 Å². The van der Waals surface area contributed by atoms with Crippen molar-refractivity contribution in [2.75, 3.05) is 11.6 Å². The molecule has 0 unspecified atom stereocenters. The van der Waals surface area contributed by atoms with Crippen LogP contribution in [0.15, 0.2) is 29.2 Å². The Morgan fingerprint density at radius 3 is 2.68 bits per heavy atom. The minimum Gasteiger partial charge on any atom is -0.353 e. The van der Waals surface area contributed by atoms with E-state index in [4.69, 9.17) is 0 Å². The zero-order valence-corrected chi connectivity index (χ0v) is 14.1. The molecule has 0 fully saturated rings. The summed E-state index contributed by atoms with van der Waals surface area (Å²) in [5, 5.41) is 7.68. The fraction of sp³-hybridized carbons (Fsp3) is 0.353. The largest absolute Gasteiger partial charge is 0.353 e. The van der Waals surface area contributed by atoms with Crippen LogP contribution in [0.25, 0.3) is 0 Å². The number of thioether (sulfide) groups is 1. The average Bonchev–Trinajstić information content (AvgIpc) is 2.93. The number of nitrogens with one attached hydrogen (secondary N) is 2. The van der Waals surface area contributed by atoms with E-state index in [0.717, 1.165) is 29.0 Å². The summed E-state index contributed by atoms with van der Waals surface area (Å²) in [5.41, 5.74) is 3.28. The number of fused-ring (bicyclic) bond motifs is 3. The Balaban J connectivity index is 1.66. The van der Waals surface area contributed by atoms with E-state index < -0.39 is 0 Å². The van der Waals surface area contributed by atoms with Crippen molar-refractivity contribution in [3.05, 3.63) is 45.8 Å². The molecular formula is C17H18N2OS2. The molecule has 0 radical (unpaired) electrons. The van der Waals surface area contributed by atoms with Gasteiger partial charge in [-0.25, -0.2) is 0 Å². The SMILES string of the molecule is CSc1ccc([C@@H]2NC(=O)c3c(sc4c3CCCC4)N2)cc1. The number of anilines is 1. The molecule has 4 rings (SSSR count). The summed E-state index contributed by atoms with van der Waals surface area (Å²) in [6.07, 6.45) is 6.55. The molecule has 3 nitrogen and oxygen atoms in total. The maximum absolute atomic E-state index is 12.6. The van der Waals surface area contributed by atoms with Crippen LogP contribution in [0, 0.1) is 0 Å². The molecule has 0 bridgehead atoms. The van der Waals surface area contributed by atoms with Crippen LogP contribution in [0.3, 0.4) is 0 Å². The molecule has 1 atom stereocenters. The van der Waals surface area contributed by atoms with E-state index in [1.165, 1.54) is 28.2 Å². The summed E-state index contributed by atoms with van der Waals surface area (Å²) >= 11 is 3.50. The number of rotatable bonds is 2. The highest BCUT2D eigenvalue weighted by atomic mass is 32.2. The van der Waals surface area contributed by atoms with Crippen molar-refractivity contribution in [1.29, 1.82) is 0 Å². The Morgan fingerprint density at radius 2 is 1.91 bits per heavy atom. The Morgan fingerprint density at radius 1 is 1.14 bits per heavy atom. The summed E-state index contributed by atoms with van der Waals surface area (Å²) in [6, 6.07) is 8.37. The van der Waals surface area contributed by atoms with Gasteiger partial charge in [0.1, 0.15) is 11.2 Å². The molecule has 2 aromatic rings. The second-order valence-electron chi connectivity index (χ2n) is 5.74. The maximum atomic E-state index is 12.6. The van der Waals surface area contributed by atoms with Crippen LogP contribution >= 0.6 is 23.1 Å². The number of amides is 1. The molecule has 0 saturated heterocycles. The minimum atomic E-state index is -0.129. The van der Waals surface area contributed by atoms with Gasteiger partial charge in [-0.05, 0) is 55.2 Å². The number of thiophene rings is 1. The fourth-order valence-electron chi connectivity index (χ4n) is 3.24. The molecule has 0 saturated carbocycles. The van der Waals surface area contributed by atoms with Crippen molar-refractivity contribution in [2.45, 2.75) is 36.7 Å². The first kappa shape index (κ1) is 14.2. The van der Waals surface area contributed by atoms with E-state index in [-0.39, 0.29) is 12.1 Å². The van der Waals surface area contributed by atoms with Gasteiger partial charge in [0.05, 0.1) is 5.56 Å². The van der Waals surface area contributed by atoms with E-state index >= 15 is 0 Å². The van der Waals surface area contributed by atoms with Gasteiger partial charge < -0.3 is 10.6 Å². The number of aryl methyl sites for hydroxylation is 1. The molecule has 1 aliphatic carbocycles. The van der Waals surface area contributed by atoms with E-state index in [2.05, 4.69) is 41.2 Å². The van der Waals surface area contributed by atoms with Crippen molar-refractivity contribution >= 4 is 34.0 Å². The van der Waals surface area contributed by atoms with E-state index in [1.54, 1.807) is 23.1 Å². The second-order valence-corrected chi connectivity index (χ2v) is 7.72. The third-order valence-corrected chi connectivity index (χ3v) is 6.36. The van der Waals surface area contributed by atoms with Gasteiger partial charge in [0.15, 0.2) is 0 Å². The third-order valence-electron chi connectivity index (χ3n) is 4.40. The third kappa shape index (κ3) is 2.32. The lowest BCUT2D eigenvalue weighted by Crippen LogP contribution is -2.38. The number of carbonyl (C=O) groups is 1. The molecule has 2 N–H and O–H groups in total. The van der Waals surface area contributed by atoms with Crippen molar-refractivity contribution < 1.29 is 4.79 Å². The maximum Gasteiger partial charge on any atom is 0.256 e. The number of hydrogen-bond acceptors (Lipinski definition) is 4. The summed E-state index contributed by atoms with van der Waals surface area (Å²) in [5.74, 6) is 0.0760. The zero-order valence-electron chi connectivity index (χ0n) is 12.4. The molecular weight excluding hydrogens is 312 g/mol. The highest BCUT2D eigenvalue weighted by molar-refractivity contribution is 7.98. The molecule has 1 aromatic heterocycles. The van der Waals surface area contributed by atoms with Gasteiger partial charge in [-0.3, -0.25) is 4.79 Å². The molecule has 2 aliphatic rings. The smallest absolute Gasteiger partial charge is 0.256 e. The van der Waals surface area contributed by atoms with E-state index in [0.29, 0.717) is 0 Å². The molecule has 22 heavy (non-hydrogen) atoms. The first-order chi connectivity index (χ1) is 10.8. The Bertz CT molecular complexity index is 721. The quantitative estimate of drug-likeness (QED) is 0.811. The topological polar surface area (TPSA) is 41.1 Å². The first-order valence-corrected chi connectivity index (χ1v) is 9.66. The van der Waals surface area contributed by atoms with Crippen LogP contribution in [0.2, 0.25) is 0 Å². The average molecular weight is 330 g/mol. The summed E-state index contributed by atoms with van der Waals surface area (Å²) < 4.78 is 0. The standard InChI is InChI=1S/C17H18N2OS2/c1-21-11-8-6-10(7-9-11)15-18-16(20)14-12-4-2-3-5-13(12)22-17(14)19-15/h6-9,15,19H,2-5H2,1H3,(H,18,20)/t15-/m1/s1. The Hall–Kier alpha value is -1.46. The normalized spacial score (nSPS) is 19.9. The van der Waals surface area contributed by atoms with Gasteiger partial charge in [-0.2, -0.15) is 0 Å². The highest BCUT2D eigenvalue weighted by Crippen LogP contribution is 2.41. The highest BCUT2D eigenvalue weighted by Gasteiger charge is 2.31. The van der Waals surface area contributed by atoms with Crippen LogP contribution in [0.4, 0.5) is 5.00 Å². The first-order valence-electron chi connectivity index (χ1n) is 7.62. The lowest BCUT2D eigenvalue weighted by Gasteiger charge is -2.27. The van der Waals surface area contributed by atoms with Crippen molar-refractivity contribution in [2.24, 2.45) is 0 Å². The number of carbonyl (C=O) groups excluding carboxylic acids is 1. The molecule has 1 aromatic carbocycles. The number of hydrogen-bond donors (Lipinski definition) is 2. The van der Waals surface area contributed by atoms with Gasteiger partial charge >= 0.3 is 0 Å². The van der Waals surface area contributed by atoms with Gasteiger partial charge in [0.2, 0.25) is 0 Å². The molecule has 0 spiro atoms. The molecule has 114 valence electrons. The summed E-state index contributed by atoms with van der Waals surface area (Å²) in [4.78, 5) is 15.2. The van der Waals surface area contributed by atoms with Gasteiger partial charge in [-0.15, -0.1) is 23.1 Å². The van der Waals surface area contributed by atoms with Gasteiger partial charge in [0, 0.05) is 9.77 Å². The van der Waals surface area contributed by atoms with Crippen molar-refractivity contribution in [3.63, 3.8) is 0 Å². The number of benzene rings is 1. The van der Waals surface area contributed by atoms with Crippen molar-refractivity contribution in [3.8, 4) is 0 Å². The van der Waals surface area contributed by atoms with Crippen molar-refractivity contribution in [1.82, 2.24) is 5.32 Å². The lowest BCUT2D eigenvalue weighted by atomic mass is 9.94. The van der Waals surface area contributed by atoms with Crippen LogP contribution in [0.5, 0.6) is 0 Å². The van der Waals surface area contributed by atoms with Gasteiger partial charge in [0.25, 0.3) is 5.91 Å². The minimum absolute atomic E-state index is 0.0760. The predicted molar refractivity (Wildman–Crippen MR) is 93.0 cm³/mol. The van der Waals surface area contributed by atoms with Crippen LogP contribution < -0.4 is 10.6 Å². The lowest BCUT2D eigenvalue weighted by molar-refractivity contribution is 0.0935. The zero-order chi connectivity index (χ0) is 15.1. The summed E-state index contributed by atoms with van der Waals surface area (Å²) in [6.45, 7) is 0.